The Morgan fingerprint density at radius 1 is 1.00 bits per heavy atom. The van der Waals surface area contributed by atoms with Crippen LogP contribution in [-0.2, 0) is 17.3 Å². The lowest BCUT2D eigenvalue weighted by molar-refractivity contribution is -0.211. The maximum atomic E-state index is 14.6. The van der Waals surface area contributed by atoms with E-state index in [1.54, 1.807) is 18.3 Å². The number of fused-ring (bicyclic) bond motifs is 3. The third-order valence-corrected chi connectivity index (χ3v) is 11.4. The molecular formula is C34H37F3N4O2. The molecule has 0 aliphatic heterocycles. The fourth-order valence-corrected chi connectivity index (χ4v) is 8.79. The number of aromatic nitrogens is 3. The molecule has 7 aliphatic rings. The van der Waals surface area contributed by atoms with Crippen molar-refractivity contribution in [2.75, 3.05) is 11.4 Å². The highest BCUT2D eigenvalue weighted by Crippen LogP contribution is 2.70. The number of aryl methyl sites for hydroxylation is 1. The molecule has 0 saturated heterocycles. The van der Waals surface area contributed by atoms with Gasteiger partial charge in [0.25, 0.3) is 0 Å². The average molecular weight is 591 g/mol. The second-order valence-electron chi connectivity index (χ2n) is 14.3. The van der Waals surface area contributed by atoms with Gasteiger partial charge in [0, 0.05) is 36.8 Å². The number of rotatable bonds is 9. The predicted octanol–water partition coefficient (Wildman–Crippen LogP) is 7.48. The van der Waals surface area contributed by atoms with Crippen LogP contribution in [0.5, 0.6) is 5.75 Å². The van der Waals surface area contributed by atoms with Gasteiger partial charge in [-0.1, -0.05) is 12.1 Å². The second kappa shape index (κ2) is 9.32. The van der Waals surface area contributed by atoms with E-state index >= 15 is 0 Å². The van der Waals surface area contributed by atoms with Crippen LogP contribution >= 0.6 is 0 Å². The van der Waals surface area contributed by atoms with Crippen LogP contribution in [0.3, 0.4) is 0 Å². The smallest absolute Gasteiger partial charge is 0.387 e. The molecule has 6 nitrogen and oxygen atoms in total. The molecule has 0 unspecified atom stereocenters. The van der Waals surface area contributed by atoms with E-state index in [-0.39, 0.29) is 22.5 Å². The Hall–Kier alpha value is -3.36. The number of halogens is 3. The normalized spacial score (nSPS) is 32.3. The number of amides is 1. The third kappa shape index (κ3) is 4.48. The van der Waals surface area contributed by atoms with E-state index < -0.39 is 17.7 Å². The van der Waals surface area contributed by atoms with Crippen LogP contribution in [0.25, 0.3) is 11.1 Å². The van der Waals surface area contributed by atoms with Crippen LogP contribution in [0.1, 0.15) is 87.9 Å². The molecule has 4 bridgehead atoms. The summed E-state index contributed by atoms with van der Waals surface area (Å²) >= 11 is 0. The van der Waals surface area contributed by atoms with Crippen LogP contribution in [0.15, 0.2) is 48.7 Å². The number of anilines is 1. The molecule has 0 spiro atoms. The molecule has 0 N–H and O–H groups in total. The summed E-state index contributed by atoms with van der Waals surface area (Å²) < 4.78 is 46.5. The first-order chi connectivity index (χ1) is 20.6. The summed E-state index contributed by atoms with van der Waals surface area (Å²) in [5, 5.41) is 4.87. The number of ether oxygens (including phenoxy) is 1. The van der Waals surface area contributed by atoms with E-state index in [1.807, 2.05) is 17.0 Å². The van der Waals surface area contributed by atoms with Crippen molar-refractivity contribution >= 4 is 11.7 Å². The monoisotopic (exact) mass is 590 g/mol. The zero-order chi connectivity index (χ0) is 29.6. The van der Waals surface area contributed by atoms with Crippen molar-refractivity contribution < 1.29 is 22.7 Å². The molecule has 1 aromatic carbocycles. The van der Waals surface area contributed by atoms with Crippen molar-refractivity contribution in [2.24, 2.45) is 17.9 Å². The minimum Gasteiger partial charge on any atom is -0.435 e. The van der Waals surface area contributed by atoms with Crippen LogP contribution in [-0.4, -0.2) is 39.5 Å². The molecule has 7 fully saturated rings. The number of benzene rings is 1. The molecule has 2 aromatic heterocycles. The van der Waals surface area contributed by atoms with E-state index in [0.29, 0.717) is 37.5 Å². The SMILES string of the molecule is Cn1nc(C2CC2)cc1C12CCC(CN(C(=O)C34CC(F)(C3)C4)c3cc(-c4ccc(OC(F)F)cc4)ccn3)(CC1)CC2. The Morgan fingerprint density at radius 3 is 2.28 bits per heavy atom. The van der Waals surface area contributed by atoms with E-state index in [0.717, 1.165) is 49.7 Å². The van der Waals surface area contributed by atoms with Gasteiger partial charge >= 0.3 is 6.61 Å². The summed E-state index contributed by atoms with van der Waals surface area (Å²) in [5.74, 6) is 1.29. The van der Waals surface area contributed by atoms with E-state index in [1.165, 1.54) is 36.4 Å². The Balaban J connectivity index is 1.06. The van der Waals surface area contributed by atoms with Gasteiger partial charge in [0.15, 0.2) is 0 Å². The molecule has 43 heavy (non-hydrogen) atoms. The molecular weight excluding hydrogens is 553 g/mol. The minimum absolute atomic E-state index is 0.00178. The molecule has 3 aromatic rings. The zero-order valence-corrected chi connectivity index (χ0v) is 24.5. The molecule has 1 amide bonds. The van der Waals surface area contributed by atoms with Gasteiger partial charge in [0.05, 0.1) is 11.1 Å². The van der Waals surface area contributed by atoms with Crippen LogP contribution in [0.4, 0.5) is 19.0 Å². The minimum atomic E-state index is -2.88. The van der Waals surface area contributed by atoms with Gasteiger partial charge in [-0.05, 0) is 118 Å². The van der Waals surface area contributed by atoms with Crippen molar-refractivity contribution in [3.63, 3.8) is 0 Å². The predicted molar refractivity (Wildman–Crippen MR) is 156 cm³/mol. The molecule has 7 aliphatic carbocycles. The van der Waals surface area contributed by atoms with Gasteiger partial charge < -0.3 is 4.74 Å². The largest absolute Gasteiger partial charge is 0.435 e. The second-order valence-corrected chi connectivity index (χ2v) is 14.3. The van der Waals surface area contributed by atoms with Gasteiger partial charge in [0.2, 0.25) is 5.91 Å². The van der Waals surface area contributed by atoms with Crippen LogP contribution in [0.2, 0.25) is 0 Å². The van der Waals surface area contributed by atoms with Crippen LogP contribution < -0.4 is 9.64 Å². The summed E-state index contributed by atoms with van der Waals surface area (Å²) in [4.78, 5) is 20.7. The zero-order valence-electron chi connectivity index (χ0n) is 24.5. The van der Waals surface area contributed by atoms with E-state index in [4.69, 9.17) is 5.10 Å². The number of hydrogen-bond acceptors (Lipinski definition) is 4. The number of alkyl halides is 3. The quantitative estimate of drug-likeness (QED) is 0.259. The first-order valence-electron chi connectivity index (χ1n) is 15.7. The summed E-state index contributed by atoms with van der Waals surface area (Å²) in [6, 6.07) is 12.6. The maximum absolute atomic E-state index is 14.6. The van der Waals surface area contributed by atoms with Gasteiger partial charge in [-0.2, -0.15) is 13.9 Å². The van der Waals surface area contributed by atoms with Gasteiger partial charge in [-0.15, -0.1) is 0 Å². The highest BCUT2D eigenvalue weighted by atomic mass is 19.3. The first-order valence-corrected chi connectivity index (χ1v) is 15.7. The first kappa shape index (κ1) is 27.2. The lowest BCUT2D eigenvalue weighted by Crippen LogP contribution is -2.71. The van der Waals surface area contributed by atoms with Gasteiger partial charge in [-0.25, -0.2) is 9.37 Å². The third-order valence-electron chi connectivity index (χ3n) is 11.4. The number of carbonyl (C=O) groups is 1. The number of hydrogen-bond donors (Lipinski definition) is 0. The Bertz CT molecular complexity index is 1540. The molecule has 9 heteroatoms. The molecule has 0 atom stereocenters. The molecule has 7 saturated carbocycles. The summed E-state index contributed by atoms with van der Waals surface area (Å²) in [7, 11) is 2.09. The Labute approximate surface area is 249 Å². The van der Waals surface area contributed by atoms with Crippen molar-refractivity contribution in [3.8, 4) is 16.9 Å². The molecule has 2 heterocycles. The van der Waals surface area contributed by atoms with Gasteiger partial charge in [-0.3, -0.25) is 14.4 Å². The molecule has 226 valence electrons. The lowest BCUT2D eigenvalue weighted by Gasteiger charge is -2.65. The summed E-state index contributed by atoms with van der Waals surface area (Å²) in [6.45, 7) is -2.30. The lowest BCUT2D eigenvalue weighted by atomic mass is 9.41. The maximum Gasteiger partial charge on any atom is 0.387 e. The van der Waals surface area contributed by atoms with Crippen molar-refractivity contribution in [1.82, 2.24) is 14.8 Å². The average Bonchev–Trinajstić information content (AvgIpc) is 3.75. The standard InChI is InChI=1S/C34H37F3N4O2/c1-40-27(17-26(39-40)23-2-3-23)32-12-9-31(10-13-32,11-14-32)21-41(29(42)33-18-34(37,19-33)20-33)28-16-24(8-15-38-28)22-4-6-25(7-5-22)43-30(35)36/h4-8,15-17,23,30H,2-3,9-14,18-21H2,1H3. The fourth-order valence-electron chi connectivity index (χ4n) is 8.79. The van der Waals surface area contributed by atoms with Crippen LogP contribution in [0, 0.1) is 10.8 Å². The number of carbonyl (C=O) groups excluding carboxylic acids is 1. The van der Waals surface area contributed by atoms with Crippen molar-refractivity contribution in [2.45, 2.75) is 94.2 Å². The number of pyridine rings is 1. The topological polar surface area (TPSA) is 60.2 Å². The highest BCUT2D eigenvalue weighted by molar-refractivity contribution is 6.00. The highest BCUT2D eigenvalue weighted by Gasteiger charge is 2.73. The fraction of sp³-hybridized carbons (Fsp3) is 0.559. The van der Waals surface area contributed by atoms with E-state index in [2.05, 4.69) is 27.5 Å². The van der Waals surface area contributed by atoms with Crippen molar-refractivity contribution in [1.29, 1.82) is 0 Å². The van der Waals surface area contributed by atoms with Gasteiger partial charge in [0.1, 0.15) is 17.2 Å². The summed E-state index contributed by atoms with van der Waals surface area (Å²) in [6.07, 6.45) is 11.4. The van der Waals surface area contributed by atoms with E-state index in [9.17, 15) is 18.0 Å². The number of nitrogens with zero attached hydrogens (tertiary/aromatic N) is 4. The van der Waals surface area contributed by atoms with Crippen molar-refractivity contribution in [3.05, 3.63) is 60.0 Å². The summed E-state index contributed by atoms with van der Waals surface area (Å²) in [5.41, 5.74) is 2.63. The molecule has 10 rings (SSSR count). The Kier molecular flexibility index (Phi) is 5.90. The molecule has 0 radical (unpaired) electrons. The Morgan fingerprint density at radius 2 is 1.67 bits per heavy atom.